The first-order chi connectivity index (χ1) is 13.6. The van der Waals surface area contributed by atoms with Crippen LogP contribution in [0.1, 0.15) is 25.8 Å². The highest BCUT2D eigenvalue weighted by atomic mass is 79.9. The first-order valence-electron chi connectivity index (χ1n) is 9.13. The Morgan fingerprint density at radius 3 is 2.82 bits per heavy atom. The lowest BCUT2D eigenvalue weighted by atomic mass is 10.2. The lowest BCUT2D eigenvalue weighted by molar-refractivity contribution is 0.275. The zero-order valence-electron chi connectivity index (χ0n) is 15.6. The van der Waals surface area contributed by atoms with Gasteiger partial charge in [0.05, 0.1) is 33.3 Å². The van der Waals surface area contributed by atoms with Crippen LogP contribution in [0, 0.1) is 0 Å². The summed E-state index contributed by atoms with van der Waals surface area (Å²) in [5.74, 6) is 1.35. The maximum Gasteiger partial charge on any atom is 0.274 e. The summed E-state index contributed by atoms with van der Waals surface area (Å²) in [4.78, 5) is 18.2. The molecule has 0 bridgehead atoms. The molecule has 0 aliphatic heterocycles. The normalized spacial score (nSPS) is 12.2. The number of ether oxygens (including phenoxy) is 2. The lowest BCUT2D eigenvalue weighted by Gasteiger charge is -2.14. The first kappa shape index (κ1) is 19.0. The van der Waals surface area contributed by atoms with Crippen molar-refractivity contribution in [1.82, 2.24) is 9.38 Å². The fourth-order valence-electron chi connectivity index (χ4n) is 3.04. The van der Waals surface area contributed by atoms with Crippen LogP contribution in [0.25, 0.3) is 22.1 Å². The topological polar surface area (TPSA) is 52.8 Å². The first-order valence-corrected chi connectivity index (χ1v) is 10.7. The molecule has 0 N–H and O–H groups in total. The molecule has 0 atom stereocenters. The number of rotatable bonds is 6. The molecule has 28 heavy (non-hydrogen) atoms. The number of aromatic nitrogens is 2. The van der Waals surface area contributed by atoms with Gasteiger partial charge in [0.1, 0.15) is 0 Å². The van der Waals surface area contributed by atoms with Gasteiger partial charge in [-0.1, -0.05) is 30.4 Å². The van der Waals surface area contributed by atoms with E-state index in [1.54, 1.807) is 4.40 Å². The molecular weight excluding hydrogens is 440 g/mol. The number of para-hydroxylation sites is 2. The summed E-state index contributed by atoms with van der Waals surface area (Å²) in [7, 11) is 0. The Morgan fingerprint density at radius 1 is 1.21 bits per heavy atom. The Labute approximate surface area is 174 Å². The van der Waals surface area contributed by atoms with E-state index in [2.05, 4.69) is 27.8 Å². The third-order valence-corrected chi connectivity index (χ3v) is 5.78. The zero-order chi connectivity index (χ0) is 19.7. The monoisotopic (exact) mass is 458 g/mol. The van der Waals surface area contributed by atoms with E-state index >= 15 is 0 Å². The maximum absolute atomic E-state index is 12.9. The fourth-order valence-corrected chi connectivity index (χ4v) is 4.60. The van der Waals surface area contributed by atoms with E-state index in [1.165, 1.54) is 11.3 Å². The molecule has 4 aromatic rings. The maximum atomic E-state index is 12.9. The van der Waals surface area contributed by atoms with E-state index in [-0.39, 0.29) is 5.56 Å². The van der Waals surface area contributed by atoms with Crippen LogP contribution in [0.15, 0.2) is 45.7 Å². The van der Waals surface area contributed by atoms with Crippen LogP contribution in [0.2, 0.25) is 0 Å². The summed E-state index contributed by atoms with van der Waals surface area (Å²) in [6, 6.07) is 11.5. The molecule has 0 saturated carbocycles. The van der Waals surface area contributed by atoms with E-state index in [9.17, 15) is 4.79 Å². The standard InChI is InChI=1S/C21H19BrN2O3S/c1-3-9-27-19-14(22)10-13(11-17(19)26-4-2)12-18-20(25)24-16-8-6-5-7-15(16)23-21(24)28-18/h5-8,10-12H,3-4,9H2,1-2H3/b18-12-. The molecule has 0 aliphatic rings. The summed E-state index contributed by atoms with van der Waals surface area (Å²) in [5.41, 5.74) is 2.47. The van der Waals surface area contributed by atoms with Crippen LogP contribution in [0.5, 0.6) is 11.5 Å². The van der Waals surface area contributed by atoms with Crippen LogP contribution in [0.3, 0.4) is 0 Å². The minimum absolute atomic E-state index is 0.0610. The molecule has 144 valence electrons. The molecule has 0 aliphatic carbocycles. The van der Waals surface area contributed by atoms with Crippen molar-refractivity contribution in [2.45, 2.75) is 20.3 Å². The summed E-state index contributed by atoms with van der Waals surface area (Å²) in [6.45, 7) is 5.14. The molecule has 7 heteroatoms. The predicted molar refractivity (Wildman–Crippen MR) is 117 cm³/mol. The van der Waals surface area contributed by atoms with Crippen molar-refractivity contribution in [2.24, 2.45) is 0 Å². The number of thiazole rings is 1. The Kier molecular flexibility index (Phi) is 5.37. The van der Waals surface area contributed by atoms with Crippen molar-refractivity contribution in [2.75, 3.05) is 13.2 Å². The Bertz CT molecular complexity index is 1260. The Morgan fingerprint density at radius 2 is 2.04 bits per heavy atom. The number of hydrogen-bond acceptors (Lipinski definition) is 5. The Hall–Kier alpha value is -2.38. The molecule has 4 rings (SSSR count). The molecule has 0 unspecified atom stereocenters. The fraction of sp³-hybridized carbons (Fsp3) is 0.238. The van der Waals surface area contributed by atoms with Gasteiger partial charge in [0.25, 0.3) is 5.56 Å². The minimum Gasteiger partial charge on any atom is -0.490 e. The van der Waals surface area contributed by atoms with E-state index in [0.717, 1.165) is 27.5 Å². The van der Waals surface area contributed by atoms with Gasteiger partial charge in [0.15, 0.2) is 16.5 Å². The van der Waals surface area contributed by atoms with Crippen LogP contribution < -0.4 is 19.6 Å². The average Bonchev–Trinajstić information content (AvgIpc) is 3.18. The van der Waals surface area contributed by atoms with Gasteiger partial charge in [-0.25, -0.2) is 9.38 Å². The molecule has 0 amide bonds. The molecule has 2 aromatic heterocycles. The molecule has 0 radical (unpaired) electrons. The summed E-state index contributed by atoms with van der Waals surface area (Å²) in [5, 5.41) is 0. The number of nitrogens with zero attached hydrogens (tertiary/aromatic N) is 2. The van der Waals surface area contributed by atoms with Gasteiger partial charge in [-0.2, -0.15) is 0 Å². The van der Waals surface area contributed by atoms with Gasteiger partial charge >= 0.3 is 0 Å². The SMILES string of the molecule is CCCOc1c(Br)cc(/C=c2\sc3nc4ccccc4n3c2=O)cc1OCC. The molecule has 0 fully saturated rings. The summed E-state index contributed by atoms with van der Waals surface area (Å²) >= 11 is 4.96. The van der Waals surface area contributed by atoms with Crippen molar-refractivity contribution >= 4 is 49.3 Å². The second-order valence-electron chi connectivity index (χ2n) is 6.25. The number of benzene rings is 2. The van der Waals surface area contributed by atoms with Crippen molar-refractivity contribution in [1.29, 1.82) is 0 Å². The van der Waals surface area contributed by atoms with E-state index in [4.69, 9.17) is 9.47 Å². The van der Waals surface area contributed by atoms with Crippen molar-refractivity contribution < 1.29 is 9.47 Å². The van der Waals surface area contributed by atoms with E-state index < -0.39 is 0 Å². The number of hydrogen-bond donors (Lipinski definition) is 0. The molecule has 0 spiro atoms. The molecule has 0 saturated heterocycles. The van der Waals surface area contributed by atoms with Crippen LogP contribution in [-0.4, -0.2) is 22.6 Å². The summed E-state index contributed by atoms with van der Waals surface area (Å²) in [6.07, 6.45) is 2.78. The van der Waals surface area contributed by atoms with E-state index in [0.29, 0.717) is 34.2 Å². The highest BCUT2D eigenvalue weighted by Crippen LogP contribution is 2.37. The highest BCUT2D eigenvalue weighted by molar-refractivity contribution is 9.10. The van der Waals surface area contributed by atoms with Crippen molar-refractivity contribution in [3.05, 3.63) is 61.3 Å². The summed E-state index contributed by atoms with van der Waals surface area (Å²) < 4.78 is 14.7. The number of imidazole rings is 1. The van der Waals surface area contributed by atoms with Gasteiger partial charge in [-0.3, -0.25) is 4.79 Å². The quantitative estimate of drug-likeness (QED) is 0.429. The van der Waals surface area contributed by atoms with E-state index in [1.807, 2.05) is 49.4 Å². The van der Waals surface area contributed by atoms with Gasteiger partial charge in [0.2, 0.25) is 0 Å². The van der Waals surface area contributed by atoms with Crippen LogP contribution in [0.4, 0.5) is 0 Å². The van der Waals surface area contributed by atoms with Crippen molar-refractivity contribution in [3.63, 3.8) is 0 Å². The predicted octanol–water partition coefficient (Wildman–Crippen LogP) is 4.41. The average molecular weight is 459 g/mol. The largest absolute Gasteiger partial charge is 0.490 e. The third kappa shape index (κ3) is 3.40. The van der Waals surface area contributed by atoms with Gasteiger partial charge in [-0.05, 0) is 65.2 Å². The Balaban J connectivity index is 1.84. The number of halogens is 1. The zero-order valence-corrected chi connectivity index (χ0v) is 18.0. The van der Waals surface area contributed by atoms with Gasteiger partial charge in [-0.15, -0.1) is 0 Å². The molecule has 2 aromatic carbocycles. The van der Waals surface area contributed by atoms with Crippen LogP contribution in [-0.2, 0) is 0 Å². The molecular formula is C21H19BrN2O3S. The third-order valence-electron chi connectivity index (χ3n) is 4.23. The second kappa shape index (κ2) is 7.93. The smallest absolute Gasteiger partial charge is 0.274 e. The lowest BCUT2D eigenvalue weighted by Crippen LogP contribution is -2.22. The number of fused-ring (bicyclic) bond motifs is 3. The minimum atomic E-state index is -0.0610. The van der Waals surface area contributed by atoms with Crippen LogP contribution >= 0.6 is 27.3 Å². The molecule has 2 heterocycles. The second-order valence-corrected chi connectivity index (χ2v) is 8.11. The molecule has 5 nitrogen and oxygen atoms in total. The van der Waals surface area contributed by atoms with Gasteiger partial charge < -0.3 is 9.47 Å². The van der Waals surface area contributed by atoms with Crippen molar-refractivity contribution in [3.8, 4) is 11.5 Å². The van der Waals surface area contributed by atoms with Gasteiger partial charge in [0, 0.05) is 0 Å². The highest BCUT2D eigenvalue weighted by Gasteiger charge is 2.13.